The minimum atomic E-state index is -0.365. The molecule has 0 saturated carbocycles. The Bertz CT molecular complexity index is 1050. The Labute approximate surface area is 127 Å². The van der Waals surface area contributed by atoms with Gasteiger partial charge in [0.05, 0.1) is 17.1 Å². The van der Waals surface area contributed by atoms with E-state index in [9.17, 15) is 9.59 Å². The number of benzene rings is 1. The summed E-state index contributed by atoms with van der Waals surface area (Å²) in [5, 5.41) is 9.66. The smallest absolute Gasteiger partial charge is 0.262 e. The molecule has 0 saturated heterocycles. The lowest BCUT2D eigenvalue weighted by Crippen LogP contribution is -2.15. The third kappa shape index (κ3) is 1.89. The van der Waals surface area contributed by atoms with E-state index in [1.807, 2.05) is 6.07 Å². The summed E-state index contributed by atoms with van der Waals surface area (Å²) in [6.45, 7) is 0. The molecule has 4 aromatic rings. The maximum absolute atomic E-state index is 12.3. The molecule has 0 fully saturated rings. The minimum absolute atomic E-state index is 0.258. The van der Waals surface area contributed by atoms with Gasteiger partial charge in [-0.25, -0.2) is 9.50 Å². The number of hydrogen-bond donors (Lipinski definition) is 2. The number of thiazole rings is 1. The van der Waals surface area contributed by atoms with E-state index in [-0.39, 0.29) is 17.0 Å². The van der Waals surface area contributed by atoms with Crippen molar-refractivity contribution in [2.45, 2.75) is 0 Å². The molecule has 0 spiro atoms. The Morgan fingerprint density at radius 1 is 1.32 bits per heavy atom. The zero-order chi connectivity index (χ0) is 15.1. The van der Waals surface area contributed by atoms with Gasteiger partial charge in [-0.3, -0.25) is 14.9 Å². The van der Waals surface area contributed by atoms with E-state index in [4.69, 9.17) is 0 Å². The molecular weight excluding hydrogens is 302 g/mol. The van der Waals surface area contributed by atoms with E-state index in [1.54, 1.807) is 34.3 Å². The molecule has 108 valence electrons. The van der Waals surface area contributed by atoms with E-state index < -0.39 is 0 Å². The molecule has 1 amide bonds. The zero-order valence-corrected chi connectivity index (χ0v) is 11.9. The Kier molecular flexibility index (Phi) is 2.76. The molecule has 0 aliphatic heterocycles. The Morgan fingerprint density at radius 2 is 2.18 bits per heavy atom. The van der Waals surface area contributed by atoms with Crippen molar-refractivity contribution in [3.05, 3.63) is 58.0 Å². The van der Waals surface area contributed by atoms with E-state index in [1.165, 1.54) is 17.5 Å². The maximum atomic E-state index is 12.3. The predicted molar refractivity (Wildman–Crippen MR) is 83.4 cm³/mol. The maximum Gasteiger partial charge on any atom is 0.262 e. The number of fused-ring (bicyclic) bond motifs is 3. The van der Waals surface area contributed by atoms with Crippen molar-refractivity contribution in [1.29, 1.82) is 0 Å². The second-order valence-corrected chi connectivity index (χ2v) is 5.48. The average molecular weight is 311 g/mol. The van der Waals surface area contributed by atoms with Crippen LogP contribution in [0.2, 0.25) is 0 Å². The number of amides is 1. The number of aromatic nitrogens is 4. The van der Waals surface area contributed by atoms with Crippen LogP contribution in [0.25, 0.3) is 16.6 Å². The molecule has 22 heavy (non-hydrogen) atoms. The largest absolute Gasteiger partial charge is 0.306 e. The van der Waals surface area contributed by atoms with Crippen LogP contribution in [-0.2, 0) is 0 Å². The van der Waals surface area contributed by atoms with Crippen LogP contribution < -0.4 is 10.9 Å². The van der Waals surface area contributed by atoms with Crippen LogP contribution in [0.15, 0.2) is 46.8 Å². The molecule has 0 unspecified atom stereocenters. The summed E-state index contributed by atoms with van der Waals surface area (Å²) in [4.78, 5) is 31.2. The molecule has 1 aromatic carbocycles. The Hall–Kier alpha value is -3.00. The molecule has 0 aliphatic carbocycles. The first-order chi connectivity index (χ1) is 10.7. The number of hydrogen-bond acceptors (Lipinski definition) is 5. The summed E-state index contributed by atoms with van der Waals surface area (Å²) in [7, 11) is 0. The van der Waals surface area contributed by atoms with E-state index in [0.717, 1.165) is 0 Å². The SMILES string of the molecule is O=C(Nc1nccs1)c1cnn2c1[nH]c(=O)c1ccccc12. The van der Waals surface area contributed by atoms with Crippen molar-refractivity contribution in [1.82, 2.24) is 19.6 Å². The fourth-order valence-electron chi connectivity index (χ4n) is 2.29. The molecule has 0 atom stereocenters. The fraction of sp³-hybridized carbons (Fsp3) is 0. The third-order valence-corrected chi connectivity index (χ3v) is 3.96. The lowest BCUT2D eigenvalue weighted by molar-refractivity contribution is 0.102. The quantitative estimate of drug-likeness (QED) is 0.591. The van der Waals surface area contributed by atoms with Gasteiger partial charge in [0.15, 0.2) is 5.13 Å². The van der Waals surface area contributed by atoms with Gasteiger partial charge >= 0.3 is 0 Å². The van der Waals surface area contributed by atoms with Crippen molar-refractivity contribution in [3.63, 3.8) is 0 Å². The van der Waals surface area contributed by atoms with Gasteiger partial charge in [0.25, 0.3) is 11.5 Å². The predicted octanol–water partition coefficient (Wildman–Crippen LogP) is 1.88. The molecule has 3 heterocycles. The van der Waals surface area contributed by atoms with E-state index in [0.29, 0.717) is 21.7 Å². The van der Waals surface area contributed by atoms with Gasteiger partial charge in [0, 0.05) is 11.6 Å². The van der Waals surface area contributed by atoms with Crippen LogP contribution in [0.4, 0.5) is 5.13 Å². The number of aromatic amines is 1. The number of carbonyl (C=O) groups is 1. The molecule has 0 radical (unpaired) electrons. The van der Waals surface area contributed by atoms with E-state index >= 15 is 0 Å². The first-order valence-corrected chi connectivity index (χ1v) is 7.31. The number of nitrogens with zero attached hydrogens (tertiary/aromatic N) is 3. The van der Waals surface area contributed by atoms with Gasteiger partial charge in [0.2, 0.25) is 0 Å². The second kappa shape index (κ2) is 4.78. The highest BCUT2D eigenvalue weighted by Crippen LogP contribution is 2.16. The van der Waals surface area contributed by atoms with E-state index in [2.05, 4.69) is 20.4 Å². The monoisotopic (exact) mass is 311 g/mol. The first kappa shape index (κ1) is 12.7. The molecule has 4 rings (SSSR count). The number of H-pyrrole nitrogens is 1. The summed E-state index contributed by atoms with van der Waals surface area (Å²) in [5.74, 6) is -0.365. The van der Waals surface area contributed by atoms with Gasteiger partial charge in [0.1, 0.15) is 11.2 Å². The lowest BCUT2D eigenvalue weighted by atomic mass is 10.2. The van der Waals surface area contributed by atoms with Crippen molar-refractivity contribution >= 4 is 38.9 Å². The Morgan fingerprint density at radius 3 is 3.00 bits per heavy atom. The van der Waals surface area contributed by atoms with Crippen LogP contribution in [0, 0.1) is 0 Å². The van der Waals surface area contributed by atoms with Crippen molar-refractivity contribution < 1.29 is 4.79 Å². The summed E-state index contributed by atoms with van der Waals surface area (Å²) in [6, 6.07) is 7.10. The zero-order valence-electron chi connectivity index (χ0n) is 11.1. The molecule has 7 nitrogen and oxygen atoms in total. The number of carbonyl (C=O) groups excluding carboxylic acids is 1. The third-order valence-electron chi connectivity index (χ3n) is 3.28. The lowest BCUT2D eigenvalue weighted by Gasteiger charge is -2.02. The number of nitrogens with one attached hydrogen (secondary N) is 2. The van der Waals surface area contributed by atoms with Crippen molar-refractivity contribution in [2.24, 2.45) is 0 Å². The molecule has 0 bridgehead atoms. The molecule has 8 heteroatoms. The van der Waals surface area contributed by atoms with Gasteiger partial charge < -0.3 is 4.98 Å². The highest BCUT2D eigenvalue weighted by atomic mass is 32.1. The molecule has 0 aliphatic rings. The highest BCUT2D eigenvalue weighted by molar-refractivity contribution is 7.13. The van der Waals surface area contributed by atoms with Crippen molar-refractivity contribution in [3.8, 4) is 0 Å². The fourth-order valence-corrected chi connectivity index (χ4v) is 2.82. The highest BCUT2D eigenvalue weighted by Gasteiger charge is 2.16. The van der Waals surface area contributed by atoms with Crippen molar-refractivity contribution in [2.75, 3.05) is 5.32 Å². The van der Waals surface area contributed by atoms with Crippen LogP contribution in [-0.4, -0.2) is 25.5 Å². The molecule has 2 N–H and O–H groups in total. The van der Waals surface area contributed by atoms with Gasteiger partial charge in [-0.15, -0.1) is 11.3 Å². The molecule has 3 aromatic heterocycles. The standard InChI is InChI=1S/C14H9N5O2S/c20-12-8-3-1-2-4-10(8)19-11(17-12)9(7-16-19)13(21)18-14-15-5-6-22-14/h1-7H,(H,17,20)(H,15,18,21). The molecular formula is C14H9N5O2S. The van der Waals surface area contributed by atoms with Crippen LogP contribution >= 0.6 is 11.3 Å². The van der Waals surface area contributed by atoms with Gasteiger partial charge in [-0.1, -0.05) is 12.1 Å². The van der Waals surface area contributed by atoms with Gasteiger partial charge in [-0.05, 0) is 12.1 Å². The van der Waals surface area contributed by atoms with Crippen LogP contribution in [0.1, 0.15) is 10.4 Å². The number of rotatable bonds is 2. The van der Waals surface area contributed by atoms with Crippen LogP contribution in [0.5, 0.6) is 0 Å². The first-order valence-electron chi connectivity index (χ1n) is 6.43. The number of anilines is 1. The second-order valence-electron chi connectivity index (χ2n) is 4.58. The summed E-state index contributed by atoms with van der Waals surface area (Å²) < 4.78 is 1.55. The van der Waals surface area contributed by atoms with Crippen LogP contribution in [0.3, 0.4) is 0 Å². The average Bonchev–Trinajstić information content (AvgIpc) is 3.17. The summed E-state index contributed by atoms with van der Waals surface area (Å²) >= 11 is 1.32. The summed E-state index contributed by atoms with van der Waals surface area (Å²) in [5.41, 5.74) is 1.04. The minimum Gasteiger partial charge on any atom is -0.306 e. The summed E-state index contributed by atoms with van der Waals surface area (Å²) in [6.07, 6.45) is 3.03. The number of para-hydroxylation sites is 1. The Balaban J connectivity index is 1.89. The van der Waals surface area contributed by atoms with Gasteiger partial charge in [-0.2, -0.15) is 5.10 Å². The normalized spacial score (nSPS) is 11.1. The topological polar surface area (TPSA) is 92.2 Å².